The molecule has 156 valence electrons. The first-order chi connectivity index (χ1) is 14.1. The summed E-state index contributed by atoms with van der Waals surface area (Å²) in [6.07, 6.45) is 4.43. The predicted molar refractivity (Wildman–Crippen MR) is 112 cm³/mol. The maximum absolute atomic E-state index is 13.2. The van der Waals surface area contributed by atoms with Crippen molar-refractivity contribution in [1.82, 2.24) is 0 Å². The normalized spacial score (nSPS) is 19.0. The van der Waals surface area contributed by atoms with Gasteiger partial charge in [0.05, 0.1) is 28.4 Å². The van der Waals surface area contributed by atoms with Gasteiger partial charge >= 0.3 is 0 Å². The molecule has 0 amide bonds. The minimum Gasteiger partial charge on any atom is -0.493 e. The molecule has 0 bridgehead atoms. The molecule has 2 aromatic carbocycles. The standard InChI is InChI=1S/C24H30O5/c1-26-20-10-8-16(14-22(20)28-3)12-18-6-5-7-19(24(18)25)13-17-9-11-21(27-2)23(15-17)29-4/h8-11,14-15,18-19H,5-7,12-13H2,1-4H3. The Kier molecular flexibility index (Phi) is 7.02. The van der Waals surface area contributed by atoms with Crippen LogP contribution in [0.4, 0.5) is 0 Å². The number of carbonyl (C=O) groups excluding carboxylic acids is 1. The van der Waals surface area contributed by atoms with Crippen molar-refractivity contribution >= 4 is 5.78 Å². The number of carbonyl (C=O) groups is 1. The second-order valence-electron chi connectivity index (χ2n) is 7.51. The van der Waals surface area contributed by atoms with Gasteiger partial charge in [0.25, 0.3) is 0 Å². The summed E-state index contributed by atoms with van der Waals surface area (Å²) in [4.78, 5) is 13.2. The maximum Gasteiger partial charge on any atom is 0.160 e. The van der Waals surface area contributed by atoms with E-state index in [1.54, 1.807) is 28.4 Å². The lowest BCUT2D eigenvalue weighted by atomic mass is 9.75. The number of rotatable bonds is 8. The lowest BCUT2D eigenvalue weighted by Crippen LogP contribution is -2.31. The van der Waals surface area contributed by atoms with E-state index in [9.17, 15) is 4.79 Å². The fourth-order valence-electron chi connectivity index (χ4n) is 4.22. The molecular formula is C24H30O5. The highest BCUT2D eigenvalue weighted by Crippen LogP contribution is 2.35. The van der Waals surface area contributed by atoms with Crippen molar-refractivity contribution in [3.8, 4) is 23.0 Å². The Hall–Kier alpha value is -2.69. The van der Waals surface area contributed by atoms with Crippen LogP contribution in [0.3, 0.4) is 0 Å². The van der Waals surface area contributed by atoms with Crippen LogP contribution in [0.1, 0.15) is 30.4 Å². The first-order valence-corrected chi connectivity index (χ1v) is 10.0. The topological polar surface area (TPSA) is 54.0 Å². The zero-order valence-electron chi connectivity index (χ0n) is 17.7. The Balaban J connectivity index is 1.70. The highest BCUT2D eigenvalue weighted by molar-refractivity contribution is 5.84. The Morgan fingerprint density at radius 1 is 0.690 bits per heavy atom. The lowest BCUT2D eigenvalue weighted by Gasteiger charge is -2.28. The third-order valence-electron chi connectivity index (χ3n) is 5.77. The van der Waals surface area contributed by atoms with E-state index in [-0.39, 0.29) is 11.8 Å². The monoisotopic (exact) mass is 398 g/mol. The number of Topliss-reactive ketones (excluding diaryl/α,β-unsaturated/α-hetero) is 1. The fourth-order valence-corrected chi connectivity index (χ4v) is 4.22. The van der Waals surface area contributed by atoms with Crippen molar-refractivity contribution in [2.24, 2.45) is 11.8 Å². The summed E-state index contributed by atoms with van der Waals surface area (Å²) in [7, 11) is 6.51. The molecule has 1 aliphatic rings. The predicted octanol–water partition coefficient (Wildman–Crippen LogP) is 4.49. The van der Waals surface area contributed by atoms with Crippen LogP contribution in [-0.4, -0.2) is 34.2 Å². The van der Waals surface area contributed by atoms with Crippen LogP contribution in [0, 0.1) is 11.8 Å². The van der Waals surface area contributed by atoms with Crippen LogP contribution >= 0.6 is 0 Å². The van der Waals surface area contributed by atoms with Crippen molar-refractivity contribution in [3.05, 3.63) is 47.5 Å². The third kappa shape index (κ3) is 4.84. The largest absolute Gasteiger partial charge is 0.493 e. The van der Waals surface area contributed by atoms with E-state index in [0.29, 0.717) is 28.8 Å². The molecule has 0 saturated heterocycles. The SMILES string of the molecule is COc1ccc(CC2CCCC(Cc3ccc(OC)c(OC)c3)C2=O)cc1OC. The van der Waals surface area contributed by atoms with Gasteiger partial charge < -0.3 is 18.9 Å². The lowest BCUT2D eigenvalue weighted by molar-refractivity contribution is -0.129. The van der Waals surface area contributed by atoms with E-state index < -0.39 is 0 Å². The van der Waals surface area contributed by atoms with Gasteiger partial charge in [-0.3, -0.25) is 4.79 Å². The van der Waals surface area contributed by atoms with Crippen LogP contribution in [0.25, 0.3) is 0 Å². The molecule has 2 atom stereocenters. The first kappa shape index (κ1) is 21.0. The van der Waals surface area contributed by atoms with E-state index >= 15 is 0 Å². The molecule has 0 N–H and O–H groups in total. The van der Waals surface area contributed by atoms with Crippen LogP contribution in [0.15, 0.2) is 36.4 Å². The summed E-state index contributed by atoms with van der Waals surface area (Å²) in [6, 6.07) is 11.8. The number of hydrogen-bond acceptors (Lipinski definition) is 5. The summed E-state index contributed by atoms with van der Waals surface area (Å²) in [5.74, 6) is 3.28. The second-order valence-corrected chi connectivity index (χ2v) is 7.51. The van der Waals surface area contributed by atoms with Gasteiger partial charge in [0.15, 0.2) is 23.0 Å². The van der Waals surface area contributed by atoms with E-state index in [2.05, 4.69) is 0 Å². The number of ether oxygens (including phenoxy) is 4. The average molecular weight is 398 g/mol. The Morgan fingerprint density at radius 3 is 1.48 bits per heavy atom. The molecule has 0 spiro atoms. The molecule has 1 saturated carbocycles. The van der Waals surface area contributed by atoms with Gasteiger partial charge in [-0.1, -0.05) is 18.6 Å². The van der Waals surface area contributed by atoms with Crippen molar-refractivity contribution in [1.29, 1.82) is 0 Å². The van der Waals surface area contributed by atoms with Crippen molar-refractivity contribution in [2.75, 3.05) is 28.4 Å². The zero-order chi connectivity index (χ0) is 20.8. The quantitative estimate of drug-likeness (QED) is 0.656. The molecule has 2 unspecified atom stereocenters. The van der Waals surface area contributed by atoms with Gasteiger partial charge in [-0.25, -0.2) is 0 Å². The molecule has 1 aliphatic carbocycles. The van der Waals surface area contributed by atoms with E-state index in [0.717, 1.165) is 43.2 Å². The maximum atomic E-state index is 13.2. The third-order valence-corrected chi connectivity index (χ3v) is 5.77. The Labute approximate surface area is 172 Å². The first-order valence-electron chi connectivity index (χ1n) is 10.0. The van der Waals surface area contributed by atoms with Gasteiger partial charge in [0, 0.05) is 11.8 Å². The van der Waals surface area contributed by atoms with Crippen molar-refractivity contribution in [3.63, 3.8) is 0 Å². The van der Waals surface area contributed by atoms with Crippen LogP contribution < -0.4 is 18.9 Å². The summed E-state index contributed by atoms with van der Waals surface area (Å²) in [5, 5.41) is 0. The van der Waals surface area contributed by atoms with Crippen LogP contribution in [-0.2, 0) is 17.6 Å². The van der Waals surface area contributed by atoms with Crippen molar-refractivity contribution < 1.29 is 23.7 Å². The highest BCUT2D eigenvalue weighted by atomic mass is 16.5. The van der Waals surface area contributed by atoms with Crippen molar-refractivity contribution in [2.45, 2.75) is 32.1 Å². The summed E-state index contributed by atoms with van der Waals surface area (Å²) >= 11 is 0. The highest BCUT2D eigenvalue weighted by Gasteiger charge is 2.31. The fraction of sp³-hybridized carbons (Fsp3) is 0.458. The molecule has 0 aromatic heterocycles. The number of benzene rings is 2. The van der Waals surface area contributed by atoms with Crippen LogP contribution in [0.5, 0.6) is 23.0 Å². The van der Waals surface area contributed by atoms with Gasteiger partial charge in [-0.15, -0.1) is 0 Å². The molecule has 1 fully saturated rings. The molecule has 5 nitrogen and oxygen atoms in total. The summed E-state index contributed by atoms with van der Waals surface area (Å²) < 4.78 is 21.4. The Bertz CT molecular complexity index is 778. The number of hydrogen-bond donors (Lipinski definition) is 0. The average Bonchev–Trinajstić information content (AvgIpc) is 2.76. The van der Waals surface area contributed by atoms with Crippen LogP contribution in [0.2, 0.25) is 0 Å². The summed E-state index contributed by atoms with van der Waals surface area (Å²) in [5.41, 5.74) is 2.21. The summed E-state index contributed by atoms with van der Waals surface area (Å²) in [6.45, 7) is 0. The Morgan fingerprint density at radius 2 is 1.10 bits per heavy atom. The molecule has 0 radical (unpaired) electrons. The van der Waals surface area contributed by atoms with Gasteiger partial charge in [0.2, 0.25) is 0 Å². The smallest absolute Gasteiger partial charge is 0.160 e. The molecule has 3 rings (SSSR count). The molecule has 5 heteroatoms. The van der Waals surface area contributed by atoms with E-state index in [4.69, 9.17) is 18.9 Å². The van der Waals surface area contributed by atoms with Gasteiger partial charge in [-0.05, 0) is 61.1 Å². The van der Waals surface area contributed by atoms with Gasteiger partial charge in [0.1, 0.15) is 5.78 Å². The molecule has 29 heavy (non-hydrogen) atoms. The number of ketones is 1. The minimum atomic E-state index is 0.0481. The molecule has 0 aliphatic heterocycles. The van der Waals surface area contributed by atoms with Gasteiger partial charge in [-0.2, -0.15) is 0 Å². The zero-order valence-corrected chi connectivity index (χ0v) is 17.7. The molecular weight excluding hydrogens is 368 g/mol. The second kappa shape index (κ2) is 9.68. The molecule has 2 aromatic rings. The minimum absolute atomic E-state index is 0.0481. The number of methoxy groups -OCH3 is 4. The van der Waals surface area contributed by atoms with E-state index in [1.165, 1.54) is 0 Å². The van der Waals surface area contributed by atoms with E-state index in [1.807, 2.05) is 36.4 Å². The molecule has 0 heterocycles.